The number of amides is 1. The van der Waals surface area contributed by atoms with Gasteiger partial charge >= 0.3 is 0 Å². The van der Waals surface area contributed by atoms with Crippen LogP contribution in [0.15, 0.2) is 26.0 Å². The minimum absolute atomic E-state index is 0.0715. The van der Waals surface area contributed by atoms with Crippen LogP contribution in [0.5, 0.6) is 5.75 Å². The van der Waals surface area contributed by atoms with Crippen molar-refractivity contribution in [2.75, 3.05) is 6.54 Å². The van der Waals surface area contributed by atoms with Crippen LogP contribution >= 0.6 is 55.8 Å². The molecule has 3 nitrogen and oxygen atoms in total. The second kappa shape index (κ2) is 5.95. The molecule has 1 saturated heterocycles. The molecule has 1 heterocycles. The lowest BCUT2D eigenvalue weighted by Gasteiger charge is -2.09. The van der Waals surface area contributed by atoms with E-state index < -0.39 is 0 Å². The van der Waals surface area contributed by atoms with Gasteiger partial charge in [-0.3, -0.25) is 9.69 Å². The van der Waals surface area contributed by atoms with E-state index in [1.807, 2.05) is 6.92 Å². The fraction of sp³-hybridized carbons (Fsp3) is 0.167. The molecular weight excluding hydrogens is 414 g/mol. The molecule has 0 bridgehead atoms. The molecule has 1 aliphatic heterocycles. The SMILES string of the molecule is CCN1C(=O)/C(=C/c2cc(Br)c(O)c(Br)c2)SC1=S. The molecular formula is C12H9Br2NO2S2. The lowest BCUT2D eigenvalue weighted by atomic mass is 10.2. The molecule has 0 atom stereocenters. The summed E-state index contributed by atoms with van der Waals surface area (Å²) in [6, 6.07) is 3.50. The summed E-state index contributed by atoms with van der Waals surface area (Å²) in [4.78, 5) is 14.2. The molecule has 1 fully saturated rings. The van der Waals surface area contributed by atoms with Gasteiger partial charge in [0.2, 0.25) is 0 Å². The molecule has 0 saturated carbocycles. The van der Waals surface area contributed by atoms with E-state index in [2.05, 4.69) is 31.9 Å². The van der Waals surface area contributed by atoms with E-state index in [9.17, 15) is 9.90 Å². The number of hydrogen-bond acceptors (Lipinski definition) is 4. The molecule has 0 aromatic heterocycles. The topological polar surface area (TPSA) is 40.5 Å². The number of aromatic hydroxyl groups is 1. The Morgan fingerprint density at radius 1 is 1.42 bits per heavy atom. The number of thioether (sulfide) groups is 1. The third-order valence-electron chi connectivity index (χ3n) is 2.53. The van der Waals surface area contributed by atoms with Crippen LogP contribution in [0.3, 0.4) is 0 Å². The summed E-state index contributed by atoms with van der Waals surface area (Å²) in [7, 11) is 0. The highest BCUT2D eigenvalue weighted by Crippen LogP contribution is 2.36. The molecule has 0 radical (unpaired) electrons. The Kier molecular flexibility index (Phi) is 4.70. The number of carbonyl (C=O) groups excluding carboxylic acids is 1. The monoisotopic (exact) mass is 421 g/mol. The normalized spacial score (nSPS) is 17.6. The van der Waals surface area contributed by atoms with Crippen LogP contribution < -0.4 is 0 Å². The molecule has 100 valence electrons. The average Bonchev–Trinajstić information content (AvgIpc) is 2.61. The number of nitrogens with zero attached hydrogens (tertiary/aromatic N) is 1. The predicted octanol–water partition coefficient (Wildman–Crippen LogP) is 4.14. The minimum atomic E-state index is -0.0715. The number of likely N-dealkylation sites (N-methyl/N-ethyl adjacent to an activating group) is 1. The summed E-state index contributed by atoms with van der Waals surface area (Å²) in [6.45, 7) is 2.46. The first-order chi connectivity index (χ1) is 8.93. The molecule has 1 N–H and O–H groups in total. The first kappa shape index (κ1) is 15.0. The van der Waals surface area contributed by atoms with E-state index in [0.717, 1.165) is 5.56 Å². The van der Waals surface area contributed by atoms with Crippen LogP contribution in [0.1, 0.15) is 12.5 Å². The number of rotatable bonds is 2. The van der Waals surface area contributed by atoms with E-state index in [0.29, 0.717) is 24.7 Å². The van der Waals surface area contributed by atoms with Crippen molar-refractivity contribution < 1.29 is 9.90 Å². The van der Waals surface area contributed by atoms with Gasteiger partial charge in [-0.05, 0) is 62.6 Å². The van der Waals surface area contributed by atoms with Crippen molar-refractivity contribution in [3.63, 3.8) is 0 Å². The second-order valence-corrected chi connectivity index (χ2v) is 7.14. The number of phenols is 1. The Morgan fingerprint density at radius 3 is 2.47 bits per heavy atom. The Balaban J connectivity index is 2.38. The van der Waals surface area contributed by atoms with Gasteiger partial charge in [-0.25, -0.2) is 0 Å². The first-order valence-electron chi connectivity index (χ1n) is 5.37. The van der Waals surface area contributed by atoms with Gasteiger partial charge in [0, 0.05) is 6.54 Å². The van der Waals surface area contributed by atoms with Crippen LogP contribution in [0.2, 0.25) is 0 Å². The summed E-state index contributed by atoms with van der Waals surface area (Å²) in [6.07, 6.45) is 1.77. The number of phenolic OH excluding ortho intramolecular Hbond substituents is 1. The summed E-state index contributed by atoms with van der Waals surface area (Å²) in [5, 5.41) is 9.65. The van der Waals surface area contributed by atoms with Gasteiger partial charge in [0.25, 0.3) is 5.91 Å². The molecule has 1 amide bonds. The van der Waals surface area contributed by atoms with Crippen molar-refractivity contribution in [1.29, 1.82) is 0 Å². The van der Waals surface area contributed by atoms with Gasteiger partial charge in [-0.15, -0.1) is 0 Å². The zero-order chi connectivity index (χ0) is 14.2. The Morgan fingerprint density at radius 2 is 2.00 bits per heavy atom. The maximum Gasteiger partial charge on any atom is 0.266 e. The van der Waals surface area contributed by atoms with E-state index in [1.165, 1.54) is 11.8 Å². The number of halogens is 2. The van der Waals surface area contributed by atoms with Gasteiger partial charge in [0.15, 0.2) is 0 Å². The Hall–Kier alpha value is -0.370. The van der Waals surface area contributed by atoms with Gasteiger partial charge < -0.3 is 5.11 Å². The quantitative estimate of drug-likeness (QED) is 0.574. The van der Waals surface area contributed by atoms with Gasteiger partial charge in [0.05, 0.1) is 13.9 Å². The third kappa shape index (κ3) is 3.04. The Labute approximate surface area is 137 Å². The van der Waals surface area contributed by atoms with Gasteiger partial charge in [0.1, 0.15) is 10.1 Å². The van der Waals surface area contributed by atoms with Crippen LogP contribution in [0.4, 0.5) is 0 Å². The molecule has 7 heteroatoms. The first-order valence-corrected chi connectivity index (χ1v) is 8.18. The van der Waals surface area contributed by atoms with Gasteiger partial charge in [-0.1, -0.05) is 24.0 Å². The van der Waals surface area contributed by atoms with Crippen molar-refractivity contribution in [3.05, 3.63) is 31.5 Å². The number of thiocarbonyl (C=S) groups is 1. The zero-order valence-electron chi connectivity index (χ0n) is 9.81. The van der Waals surface area contributed by atoms with E-state index in [-0.39, 0.29) is 11.7 Å². The maximum atomic E-state index is 12.1. The molecule has 1 aromatic rings. The predicted molar refractivity (Wildman–Crippen MR) is 89.1 cm³/mol. The average molecular weight is 423 g/mol. The highest BCUT2D eigenvalue weighted by atomic mass is 79.9. The van der Waals surface area contributed by atoms with Crippen molar-refractivity contribution in [2.24, 2.45) is 0 Å². The fourth-order valence-electron chi connectivity index (χ4n) is 1.59. The zero-order valence-corrected chi connectivity index (χ0v) is 14.6. The minimum Gasteiger partial charge on any atom is -0.506 e. The summed E-state index contributed by atoms with van der Waals surface area (Å²) < 4.78 is 1.72. The van der Waals surface area contributed by atoms with Crippen LogP contribution in [0.25, 0.3) is 6.08 Å². The number of carbonyl (C=O) groups is 1. The van der Waals surface area contributed by atoms with Crippen LogP contribution in [-0.2, 0) is 4.79 Å². The molecule has 0 aliphatic carbocycles. The highest BCUT2D eigenvalue weighted by molar-refractivity contribution is 9.11. The van der Waals surface area contributed by atoms with Crippen LogP contribution in [0, 0.1) is 0 Å². The smallest absolute Gasteiger partial charge is 0.266 e. The van der Waals surface area contributed by atoms with Gasteiger partial charge in [-0.2, -0.15) is 0 Å². The number of hydrogen-bond donors (Lipinski definition) is 1. The fourth-order valence-corrected chi connectivity index (χ4v) is 4.20. The summed E-state index contributed by atoms with van der Waals surface area (Å²) >= 11 is 13.0. The molecule has 0 spiro atoms. The summed E-state index contributed by atoms with van der Waals surface area (Å²) in [5.74, 6) is 0.0658. The van der Waals surface area contributed by atoms with Crippen molar-refractivity contribution >= 4 is 72.1 Å². The lowest BCUT2D eigenvalue weighted by Crippen LogP contribution is -2.27. The standard InChI is InChI=1S/C12H9Br2NO2S2/c1-2-15-11(17)9(19-12(15)18)5-6-3-7(13)10(16)8(14)4-6/h3-5,16H,2H2,1H3/b9-5-. The van der Waals surface area contributed by atoms with E-state index >= 15 is 0 Å². The van der Waals surface area contributed by atoms with Crippen LogP contribution in [-0.4, -0.2) is 26.8 Å². The third-order valence-corrected chi connectivity index (χ3v) is 5.11. The molecule has 0 unspecified atom stereocenters. The lowest BCUT2D eigenvalue weighted by molar-refractivity contribution is -0.121. The second-order valence-electron chi connectivity index (χ2n) is 3.76. The van der Waals surface area contributed by atoms with Crippen molar-refractivity contribution in [3.8, 4) is 5.75 Å². The van der Waals surface area contributed by atoms with Crippen molar-refractivity contribution in [2.45, 2.75) is 6.92 Å². The van der Waals surface area contributed by atoms with Crippen molar-refractivity contribution in [1.82, 2.24) is 4.90 Å². The highest BCUT2D eigenvalue weighted by Gasteiger charge is 2.30. The van der Waals surface area contributed by atoms with E-state index in [1.54, 1.807) is 23.1 Å². The number of benzene rings is 1. The summed E-state index contributed by atoms with van der Waals surface area (Å²) in [5.41, 5.74) is 0.813. The molecule has 19 heavy (non-hydrogen) atoms. The maximum absolute atomic E-state index is 12.1. The molecule has 1 aliphatic rings. The Bertz CT molecular complexity index is 578. The van der Waals surface area contributed by atoms with E-state index in [4.69, 9.17) is 12.2 Å². The molecule has 2 rings (SSSR count). The molecule has 1 aromatic carbocycles. The largest absolute Gasteiger partial charge is 0.506 e.